The molecule has 4 rings (SSSR count). The Hall–Kier alpha value is -3.60. The zero-order chi connectivity index (χ0) is 23.4. The minimum Gasteiger partial charge on any atom is -0.494 e. The first kappa shape index (κ1) is 22.6. The summed E-state index contributed by atoms with van der Waals surface area (Å²) in [6.45, 7) is 7.20. The number of benzene rings is 3. The fraction of sp³-hybridized carbons (Fsp3) is 0.286. The zero-order valence-electron chi connectivity index (χ0n) is 19.4. The molecule has 0 saturated heterocycles. The van der Waals surface area contributed by atoms with Crippen molar-refractivity contribution in [3.8, 4) is 5.75 Å². The van der Waals surface area contributed by atoms with E-state index in [9.17, 15) is 9.59 Å². The lowest BCUT2D eigenvalue weighted by Crippen LogP contribution is -2.62. The summed E-state index contributed by atoms with van der Waals surface area (Å²) >= 11 is 0. The number of hydrogen-bond acceptors (Lipinski definition) is 3. The zero-order valence-corrected chi connectivity index (χ0v) is 19.4. The number of carbonyl (C=O) groups is 2. The Morgan fingerprint density at radius 3 is 2.45 bits per heavy atom. The first-order valence-corrected chi connectivity index (χ1v) is 11.4. The van der Waals surface area contributed by atoms with Gasteiger partial charge in [-0.15, -0.1) is 0 Å². The van der Waals surface area contributed by atoms with Crippen LogP contribution >= 0.6 is 0 Å². The van der Waals surface area contributed by atoms with Gasteiger partial charge >= 0.3 is 0 Å². The molecule has 5 nitrogen and oxygen atoms in total. The summed E-state index contributed by atoms with van der Waals surface area (Å²) in [6, 6.07) is 23.3. The van der Waals surface area contributed by atoms with E-state index in [0.29, 0.717) is 31.7 Å². The maximum Gasteiger partial charge on any atom is 0.255 e. The first-order valence-electron chi connectivity index (χ1n) is 11.4. The molecule has 0 aliphatic carbocycles. The highest BCUT2D eigenvalue weighted by atomic mass is 16.5. The molecule has 1 atom stereocenters. The van der Waals surface area contributed by atoms with Gasteiger partial charge in [0.2, 0.25) is 5.91 Å². The summed E-state index contributed by atoms with van der Waals surface area (Å²) in [5, 5.41) is 3.09. The third-order valence-corrected chi connectivity index (χ3v) is 6.39. The van der Waals surface area contributed by atoms with Crippen LogP contribution in [0.3, 0.4) is 0 Å². The molecule has 1 heterocycles. The van der Waals surface area contributed by atoms with E-state index in [1.807, 2.05) is 93.6 Å². The molecule has 0 bridgehead atoms. The van der Waals surface area contributed by atoms with Gasteiger partial charge in [0.15, 0.2) is 0 Å². The Morgan fingerprint density at radius 1 is 1.03 bits per heavy atom. The Kier molecular flexibility index (Phi) is 6.50. The van der Waals surface area contributed by atoms with Crippen LogP contribution in [0.2, 0.25) is 0 Å². The second-order valence-corrected chi connectivity index (χ2v) is 8.69. The highest BCUT2D eigenvalue weighted by molar-refractivity contribution is 6.02. The molecule has 33 heavy (non-hydrogen) atoms. The first-order chi connectivity index (χ1) is 15.9. The Bertz CT molecular complexity index is 1160. The lowest BCUT2D eigenvalue weighted by molar-refractivity contribution is -0.132. The van der Waals surface area contributed by atoms with E-state index in [-0.39, 0.29) is 11.8 Å². The molecule has 0 aromatic heterocycles. The SMILES string of the molecule is CCOc1ccc(CN2C(=O)c3ccccc3C[C@@]2(C)C(=O)NCc2ccccc2C)cc1. The summed E-state index contributed by atoms with van der Waals surface area (Å²) in [5.41, 5.74) is 3.69. The molecule has 3 aromatic rings. The second-order valence-electron chi connectivity index (χ2n) is 8.69. The standard InChI is InChI=1S/C28H30N2O3/c1-4-33-24-15-13-21(14-16-24)19-30-26(31)25-12-8-7-10-22(25)17-28(30,3)27(32)29-18-23-11-6-5-9-20(23)2/h5-16H,4,17-19H2,1-3H3,(H,29,32)/t28-/m0/s1. The maximum atomic E-state index is 13.6. The van der Waals surface area contributed by atoms with E-state index >= 15 is 0 Å². The molecule has 1 aliphatic heterocycles. The molecule has 0 radical (unpaired) electrons. The van der Waals surface area contributed by atoms with E-state index in [1.165, 1.54) is 0 Å². The topological polar surface area (TPSA) is 58.6 Å². The van der Waals surface area contributed by atoms with Gasteiger partial charge in [0.05, 0.1) is 6.61 Å². The quantitative estimate of drug-likeness (QED) is 0.579. The lowest BCUT2D eigenvalue weighted by atomic mass is 9.82. The predicted octanol–water partition coefficient (Wildman–Crippen LogP) is 4.67. The third kappa shape index (κ3) is 4.63. The fourth-order valence-corrected chi connectivity index (χ4v) is 4.38. The van der Waals surface area contributed by atoms with Crippen molar-refractivity contribution < 1.29 is 14.3 Å². The summed E-state index contributed by atoms with van der Waals surface area (Å²) < 4.78 is 5.54. The third-order valence-electron chi connectivity index (χ3n) is 6.39. The van der Waals surface area contributed by atoms with Crippen molar-refractivity contribution in [2.75, 3.05) is 6.61 Å². The van der Waals surface area contributed by atoms with Crippen LogP contribution in [-0.4, -0.2) is 28.9 Å². The highest BCUT2D eigenvalue weighted by Gasteiger charge is 2.46. The molecule has 1 N–H and O–H groups in total. The molecule has 3 aromatic carbocycles. The number of nitrogens with zero attached hydrogens (tertiary/aromatic N) is 1. The number of fused-ring (bicyclic) bond motifs is 1. The van der Waals surface area contributed by atoms with Crippen LogP contribution in [0.4, 0.5) is 0 Å². The minimum absolute atomic E-state index is 0.126. The molecular formula is C28H30N2O3. The number of carbonyl (C=O) groups excluding carboxylic acids is 2. The molecule has 2 amide bonds. The molecule has 1 aliphatic rings. The van der Waals surface area contributed by atoms with Crippen molar-refractivity contribution in [1.29, 1.82) is 0 Å². The monoisotopic (exact) mass is 442 g/mol. The van der Waals surface area contributed by atoms with Crippen molar-refractivity contribution in [3.05, 3.63) is 101 Å². The molecule has 0 fully saturated rings. The van der Waals surface area contributed by atoms with Gasteiger partial charge in [-0.3, -0.25) is 9.59 Å². The Labute approximate surface area is 195 Å². The largest absolute Gasteiger partial charge is 0.494 e. The Balaban J connectivity index is 1.62. The predicted molar refractivity (Wildman–Crippen MR) is 129 cm³/mol. The van der Waals surface area contributed by atoms with Crippen molar-refractivity contribution in [2.24, 2.45) is 0 Å². The van der Waals surface area contributed by atoms with Crippen LogP contribution in [-0.2, 0) is 24.3 Å². The molecule has 0 unspecified atom stereocenters. The molecule has 5 heteroatoms. The van der Waals surface area contributed by atoms with Crippen LogP contribution in [0.25, 0.3) is 0 Å². The van der Waals surface area contributed by atoms with Gasteiger partial charge in [0.1, 0.15) is 11.3 Å². The number of rotatable bonds is 7. The van der Waals surface area contributed by atoms with E-state index in [1.54, 1.807) is 4.90 Å². The molecular weight excluding hydrogens is 412 g/mol. The number of amides is 2. The van der Waals surface area contributed by atoms with Crippen LogP contribution < -0.4 is 10.1 Å². The van der Waals surface area contributed by atoms with Gasteiger partial charge in [-0.25, -0.2) is 0 Å². The second kappa shape index (κ2) is 9.49. The summed E-state index contributed by atoms with van der Waals surface area (Å²) in [7, 11) is 0. The summed E-state index contributed by atoms with van der Waals surface area (Å²) in [5.74, 6) is 0.508. The minimum atomic E-state index is -1.01. The van der Waals surface area contributed by atoms with Gasteiger partial charge in [-0.1, -0.05) is 54.6 Å². The van der Waals surface area contributed by atoms with Crippen molar-refractivity contribution in [3.63, 3.8) is 0 Å². The van der Waals surface area contributed by atoms with E-state index in [4.69, 9.17) is 4.74 Å². The molecule has 170 valence electrons. The van der Waals surface area contributed by atoms with Gasteiger partial charge in [-0.2, -0.15) is 0 Å². The summed E-state index contributed by atoms with van der Waals surface area (Å²) in [4.78, 5) is 28.8. The normalized spacial score (nSPS) is 17.4. The van der Waals surface area contributed by atoms with Crippen molar-refractivity contribution in [1.82, 2.24) is 10.2 Å². The van der Waals surface area contributed by atoms with Crippen LogP contribution in [0.1, 0.15) is 46.5 Å². The average molecular weight is 443 g/mol. The molecule has 0 spiro atoms. The maximum absolute atomic E-state index is 13.6. The summed E-state index contributed by atoms with van der Waals surface area (Å²) in [6.07, 6.45) is 0.464. The lowest BCUT2D eigenvalue weighted by Gasteiger charge is -2.44. The number of hydrogen-bond donors (Lipinski definition) is 1. The van der Waals surface area contributed by atoms with Gasteiger partial charge in [0, 0.05) is 25.1 Å². The smallest absolute Gasteiger partial charge is 0.255 e. The van der Waals surface area contributed by atoms with Gasteiger partial charge in [-0.05, 0) is 61.2 Å². The van der Waals surface area contributed by atoms with Crippen molar-refractivity contribution in [2.45, 2.75) is 45.8 Å². The van der Waals surface area contributed by atoms with Gasteiger partial charge in [0.25, 0.3) is 5.91 Å². The van der Waals surface area contributed by atoms with Gasteiger partial charge < -0.3 is 15.0 Å². The molecule has 0 saturated carbocycles. The van der Waals surface area contributed by atoms with E-state index in [0.717, 1.165) is 28.0 Å². The van der Waals surface area contributed by atoms with Crippen LogP contribution in [0.5, 0.6) is 5.75 Å². The number of aryl methyl sites for hydroxylation is 1. The average Bonchev–Trinajstić information content (AvgIpc) is 2.82. The highest BCUT2D eigenvalue weighted by Crippen LogP contribution is 2.33. The van der Waals surface area contributed by atoms with Crippen molar-refractivity contribution >= 4 is 11.8 Å². The van der Waals surface area contributed by atoms with Crippen LogP contribution in [0, 0.1) is 6.92 Å². The van der Waals surface area contributed by atoms with E-state index in [2.05, 4.69) is 5.32 Å². The fourth-order valence-electron chi connectivity index (χ4n) is 4.38. The Morgan fingerprint density at radius 2 is 1.73 bits per heavy atom. The van der Waals surface area contributed by atoms with Crippen LogP contribution in [0.15, 0.2) is 72.8 Å². The number of ether oxygens (including phenoxy) is 1. The van der Waals surface area contributed by atoms with E-state index < -0.39 is 5.54 Å². The number of nitrogens with one attached hydrogen (secondary N) is 1.